The molecule has 0 saturated heterocycles. The summed E-state index contributed by atoms with van der Waals surface area (Å²) in [7, 11) is 0. The second-order valence-electron chi connectivity index (χ2n) is 4.84. The zero-order valence-electron chi connectivity index (χ0n) is 10.2. The summed E-state index contributed by atoms with van der Waals surface area (Å²) in [6, 6.07) is 2.20. The van der Waals surface area contributed by atoms with Crippen LogP contribution in [0.1, 0.15) is 42.2 Å². The van der Waals surface area contributed by atoms with Gasteiger partial charge in [0.1, 0.15) is 5.56 Å². The number of nitrogens with one attached hydrogen (secondary N) is 1. The molecule has 1 heterocycles. The number of anilines is 1. The maximum Gasteiger partial charge on any atom is 0.339 e. The van der Waals surface area contributed by atoms with E-state index in [1.807, 2.05) is 13.0 Å². The highest BCUT2D eigenvalue weighted by Gasteiger charge is 2.24. The van der Waals surface area contributed by atoms with Crippen LogP contribution in [0.3, 0.4) is 0 Å². The maximum absolute atomic E-state index is 11.1. The predicted octanol–water partition coefficient (Wildman–Crippen LogP) is 2.69. The predicted molar refractivity (Wildman–Crippen MR) is 66.4 cm³/mol. The zero-order valence-corrected chi connectivity index (χ0v) is 10.2. The fourth-order valence-corrected chi connectivity index (χ4v) is 2.41. The Bertz CT molecular complexity index is 431. The van der Waals surface area contributed by atoms with Crippen LogP contribution < -0.4 is 5.32 Å². The summed E-state index contributed by atoms with van der Waals surface area (Å²) in [6.45, 7) is 4.08. The average Bonchev–Trinajstić information content (AvgIpc) is 2.64. The van der Waals surface area contributed by atoms with Crippen molar-refractivity contribution in [3.8, 4) is 0 Å². The third kappa shape index (κ3) is 2.57. The van der Waals surface area contributed by atoms with Gasteiger partial charge < -0.3 is 10.4 Å². The molecule has 1 aliphatic carbocycles. The summed E-state index contributed by atoms with van der Waals surface area (Å²) in [5, 5.41) is 12.5. The Morgan fingerprint density at radius 3 is 2.88 bits per heavy atom. The summed E-state index contributed by atoms with van der Waals surface area (Å²) in [4.78, 5) is 15.1. The van der Waals surface area contributed by atoms with E-state index in [2.05, 4.69) is 17.2 Å². The largest absolute Gasteiger partial charge is 0.478 e. The van der Waals surface area contributed by atoms with Crippen molar-refractivity contribution in [3.63, 3.8) is 0 Å². The van der Waals surface area contributed by atoms with Gasteiger partial charge in [-0.15, -0.1) is 0 Å². The van der Waals surface area contributed by atoms with Crippen LogP contribution in [-0.2, 0) is 0 Å². The van der Waals surface area contributed by atoms with E-state index in [1.165, 1.54) is 19.0 Å². The molecule has 1 aromatic heterocycles. The molecule has 1 aliphatic rings. The minimum Gasteiger partial charge on any atom is -0.478 e. The van der Waals surface area contributed by atoms with Gasteiger partial charge in [0.15, 0.2) is 0 Å². The van der Waals surface area contributed by atoms with Crippen molar-refractivity contribution in [1.82, 2.24) is 4.98 Å². The summed E-state index contributed by atoms with van der Waals surface area (Å²) in [6.07, 6.45) is 4.97. The van der Waals surface area contributed by atoms with Crippen molar-refractivity contribution in [2.75, 3.05) is 5.32 Å². The van der Waals surface area contributed by atoms with Crippen LogP contribution in [0.25, 0.3) is 0 Å². The highest BCUT2D eigenvalue weighted by atomic mass is 16.4. The van der Waals surface area contributed by atoms with Crippen LogP contribution in [0.4, 0.5) is 5.69 Å². The average molecular weight is 234 g/mol. The molecule has 2 N–H and O–H groups in total. The number of nitrogens with zero attached hydrogens (tertiary/aromatic N) is 1. The Morgan fingerprint density at radius 1 is 1.53 bits per heavy atom. The summed E-state index contributed by atoms with van der Waals surface area (Å²) in [5.74, 6) is -0.323. The van der Waals surface area contributed by atoms with E-state index in [0.29, 0.717) is 17.6 Å². The smallest absolute Gasteiger partial charge is 0.339 e. The van der Waals surface area contributed by atoms with Crippen LogP contribution in [0.15, 0.2) is 12.3 Å². The third-order valence-corrected chi connectivity index (χ3v) is 3.47. The fourth-order valence-electron chi connectivity index (χ4n) is 2.41. The van der Waals surface area contributed by atoms with Crippen LogP contribution in [0.5, 0.6) is 0 Å². The molecule has 0 aromatic carbocycles. The summed E-state index contributed by atoms with van der Waals surface area (Å²) < 4.78 is 0. The first-order valence-corrected chi connectivity index (χ1v) is 6.04. The Kier molecular flexibility index (Phi) is 3.31. The molecule has 2 atom stereocenters. The lowest BCUT2D eigenvalue weighted by molar-refractivity contribution is 0.0697. The highest BCUT2D eigenvalue weighted by molar-refractivity contribution is 5.93. The van der Waals surface area contributed by atoms with Crippen LogP contribution in [0, 0.1) is 12.8 Å². The van der Waals surface area contributed by atoms with E-state index in [-0.39, 0.29) is 5.56 Å². The van der Waals surface area contributed by atoms with Crippen molar-refractivity contribution in [2.24, 2.45) is 5.92 Å². The van der Waals surface area contributed by atoms with E-state index >= 15 is 0 Å². The number of aryl methyl sites for hydroxylation is 1. The lowest BCUT2D eigenvalue weighted by Crippen LogP contribution is -2.23. The van der Waals surface area contributed by atoms with Gasteiger partial charge in [-0.1, -0.05) is 13.3 Å². The van der Waals surface area contributed by atoms with Gasteiger partial charge in [-0.2, -0.15) is 0 Å². The van der Waals surface area contributed by atoms with E-state index < -0.39 is 5.97 Å². The molecule has 1 fully saturated rings. The molecule has 0 amide bonds. The molecular formula is C13H18N2O2. The number of rotatable bonds is 3. The van der Waals surface area contributed by atoms with Crippen molar-refractivity contribution in [3.05, 3.63) is 23.5 Å². The molecule has 4 heteroatoms. The van der Waals surface area contributed by atoms with E-state index in [0.717, 1.165) is 12.1 Å². The molecular weight excluding hydrogens is 216 g/mol. The topological polar surface area (TPSA) is 62.2 Å². The van der Waals surface area contributed by atoms with E-state index in [1.54, 1.807) is 0 Å². The molecule has 2 rings (SSSR count). The summed E-state index contributed by atoms with van der Waals surface area (Å²) >= 11 is 0. The molecule has 1 aromatic rings. The third-order valence-electron chi connectivity index (χ3n) is 3.47. The van der Waals surface area contributed by atoms with Crippen molar-refractivity contribution < 1.29 is 9.90 Å². The Balaban J connectivity index is 2.24. The summed E-state index contributed by atoms with van der Waals surface area (Å²) in [5.41, 5.74) is 1.79. The second-order valence-corrected chi connectivity index (χ2v) is 4.84. The lowest BCUT2D eigenvalue weighted by atomic mass is 10.1. The number of carbonyl (C=O) groups is 1. The van der Waals surface area contributed by atoms with Crippen LogP contribution >= 0.6 is 0 Å². The number of aromatic carboxylic acids is 1. The number of hydrogen-bond acceptors (Lipinski definition) is 3. The first-order valence-electron chi connectivity index (χ1n) is 6.04. The quantitative estimate of drug-likeness (QED) is 0.844. The van der Waals surface area contributed by atoms with Crippen molar-refractivity contribution in [1.29, 1.82) is 0 Å². The normalized spacial score (nSPS) is 23.6. The SMILES string of the molecule is Cc1cc(NC2CCCC2C)c(C(=O)O)cn1. The first-order chi connectivity index (χ1) is 8.08. The Labute approximate surface area is 101 Å². The molecule has 0 bridgehead atoms. The molecule has 17 heavy (non-hydrogen) atoms. The van der Waals surface area contributed by atoms with Gasteiger partial charge in [0.25, 0.3) is 0 Å². The number of hydrogen-bond donors (Lipinski definition) is 2. The van der Waals surface area contributed by atoms with Gasteiger partial charge in [0, 0.05) is 17.9 Å². The molecule has 0 aliphatic heterocycles. The molecule has 92 valence electrons. The van der Waals surface area contributed by atoms with Crippen molar-refractivity contribution in [2.45, 2.75) is 39.2 Å². The van der Waals surface area contributed by atoms with Crippen LogP contribution in [-0.4, -0.2) is 22.1 Å². The zero-order chi connectivity index (χ0) is 12.4. The van der Waals surface area contributed by atoms with Gasteiger partial charge in [-0.05, 0) is 31.7 Å². The van der Waals surface area contributed by atoms with Gasteiger partial charge in [0.2, 0.25) is 0 Å². The molecule has 2 unspecified atom stereocenters. The van der Waals surface area contributed by atoms with E-state index in [9.17, 15) is 4.79 Å². The maximum atomic E-state index is 11.1. The monoisotopic (exact) mass is 234 g/mol. The van der Waals surface area contributed by atoms with Crippen LogP contribution in [0.2, 0.25) is 0 Å². The minimum absolute atomic E-state index is 0.259. The lowest BCUT2D eigenvalue weighted by Gasteiger charge is -2.20. The Morgan fingerprint density at radius 2 is 2.29 bits per heavy atom. The number of carboxylic acid groups (broad SMARTS) is 1. The van der Waals surface area contributed by atoms with Gasteiger partial charge >= 0.3 is 5.97 Å². The second kappa shape index (κ2) is 4.73. The Hall–Kier alpha value is -1.58. The number of aromatic nitrogens is 1. The molecule has 1 saturated carbocycles. The first kappa shape index (κ1) is 11.9. The van der Waals surface area contributed by atoms with E-state index in [4.69, 9.17) is 5.11 Å². The minimum atomic E-state index is -0.925. The van der Waals surface area contributed by atoms with Crippen molar-refractivity contribution >= 4 is 11.7 Å². The standard InChI is InChI=1S/C13H18N2O2/c1-8-4-3-5-11(8)15-12-6-9(2)14-7-10(12)13(16)17/h6-8,11H,3-5H2,1-2H3,(H,14,15)(H,16,17). The highest BCUT2D eigenvalue weighted by Crippen LogP contribution is 2.29. The molecule has 0 spiro atoms. The fraction of sp³-hybridized carbons (Fsp3) is 0.538. The van der Waals surface area contributed by atoms with Gasteiger partial charge in [-0.25, -0.2) is 4.79 Å². The molecule has 4 nitrogen and oxygen atoms in total. The van der Waals surface area contributed by atoms with Gasteiger partial charge in [-0.3, -0.25) is 4.98 Å². The number of pyridine rings is 1. The van der Waals surface area contributed by atoms with Gasteiger partial charge in [0.05, 0.1) is 5.69 Å². The number of carboxylic acids is 1. The molecule has 0 radical (unpaired) electrons.